The second-order valence-corrected chi connectivity index (χ2v) is 6.62. The Morgan fingerprint density at radius 1 is 1.32 bits per heavy atom. The van der Waals surface area contributed by atoms with Gasteiger partial charge >= 0.3 is 0 Å². The highest BCUT2D eigenvalue weighted by Gasteiger charge is 2.13. The number of nitrogens with one attached hydrogen (secondary N) is 1. The Morgan fingerprint density at radius 2 is 2.16 bits per heavy atom. The van der Waals surface area contributed by atoms with Gasteiger partial charge in [-0.1, -0.05) is 11.3 Å². The zero-order valence-corrected chi connectivity index (χ0v) is 14.7. The van der Waals surface area contributed by atoms with Crippen LogP contribution in [0.4, 0.5) is 5.69 Å². The van der Waals surface area contributed by atoms with Gasteiger partial charge in [0.15, 0.2) is 5.65 Å². The molecule has 1 amide bonds. The number of benzene rings is 1. The van der Waals surface area contributed by atoms with Gasteiger partial charge < -0.3 is 10.1 Å². The Hall–Kier alpha value is -3.00. The number of hydrogen-bond donors (Lipinski definition) is 1. The molecule has 126 valence electrons. The molecule has 0 aliphatic heterocycles. The number of rotatable bonds is 3. The van der Waals surface area contributed by atoms with Gasteiger partial charge in [-0.05, 0) is 31.2 Å². The highest BCUT2D eigenvalue weighted by molar-refractivity contribution is 7.20. The number of anilines is 1. The maximum absolute atomic E-state index is 12.6. The fourth-order valence-electron chi connectivity index (χ4n) is 2.70. The van der Waals surface area contributed by atoms with Crippen LogP contribution in [0.15, 0.2) is 30.5 Å². The van der Waals surface area contributed by atoms with Crippen LogP contribution < -0.4 is 10.1 Å². The van der Waals surface area contributed by atoms with E-state index in [0.717, 1.165) is 26.9 Å². The van der Waals surface area contributed by atoms with E-state index in [0.29, 0.717) is 16.4 Å². The number of ether oxygens (including phenoxy) is 1. The Balaban J connectivity index is 1.64. The summed E-state index contributed by atoms with van der Waals surface area (Å²) in [4.78, 5) is 21.2. The molecule has 0 saturated heterocycles. The van der Waals surface area contributed by atoms with Gasteiger partial charge in [0, 0.05) is 24.3 Å². The van der Waals surface area contributed by atoms with Crippen molar-refractivity contribution < 1.29 is 9.53 Å². The molecule has 0 aliphatic rings. The number of aromatic nitrogens is 4. The number of hydrogen-bond acceptors (Lipinski definition) is 6. The predicted octanol–water partition coefficient (Wildman–Crippen LogP) is 3.15. The fraction of sp³-hybridized carbons (Fsp3) is 0.176. The predicted molar refractivity (Wildman–Crippen MR) is 97.4 cm³/mol. The molecule has 0 fully saturated rings. The lowest BCUT2D eigenvalue weighted by Gasteiger charge is -2.05. The first-order chi connectivity index (χ1) is 12.0. The van der Waals surface area contributed by atoms with Crippen LogP contribution in [-0.4, -0.2) is 32.8 Å². The molecule has 7 nitrogen and oxygen atoms in total. The lowest BCUT2D eigenvalue weighted by atomic mass is 10.2. The average Bonchev–Trinajstić information content (AvgIpc) is 3.15. The summed E-state index contributed by atoms with van der Waals surface area (Å²) in [7, 11) is 3.42. The summed E-state index contributed by atoms with van der Waals surface area (Å²) in [5.41, 5.74) is 3.64. The smallest absolute Gasteiger partial charge is 0.274 e. The van der Waals surface area contributed by atoms with Crippen LogP contribution in [0, 0.1) is 6.92 Å². The maximum Gasteiger partial charge on any atom is 0.274 e. The van der Waals surface area contributed by atoms with Crippen molar-refractivity contribution in [2.45, 2.75) is 6.92 Å². The summed E-state index contributed by atoms with van der Waals surface area (Å²) in [5.74, 6) is -0.214. The number of methoxy groups -OCH3 is 1. The van der Waals surface area contributed by atoms with Gasteiger partial charge in [0.1, 0.15) is 0 Å². The van der Waals surface area contributed by atoms with Gasteiger partial charge in [-0.15, -0.1) is 0 Å². The largest absolute Gasteiger partial charge is 0.473 e. The topological polar surface area (TPSA) is 81.9 Å². The third-order valence-corrected chi connectivity index (χ3v) is 4.91. The summed E-state index contributed by atoms with van der Waals surface area (Å²) in [5, 5.41) is 8.70. The summed E-state index contributed by atoms with van der Waals surface area (Å²) in [6.07, 6.45) is 1.56. The molecule has 8 heteroatoms. The fourth-order valence-corrected chi connectivity index (χ4v) is 3.52. The van der Waals surface area contributed by atoms with E-state index < -0.39 is 0 Å². The molecule has 25 heavy (non-hydrogen) atoms. The van der Waals surface area contributed by atoms with Crippen LogP contribution >= 0.6 is 11.3 Å². The third kappa shape index (κ3) is 2.70. The van der Waals surface area contributed by atoms with Crippen molar-refractivity contribution in [3.05, 3.63) is 41.7 Å². The molecule has 0 atom stereocenters. The van der Waals surface area contributed by atoms with Gasteiger partial charge in [0.2, 0.25) is 0 Å². The Kier molecular flexibility index (Phi) is 3.61. The SMILES string of the molecule is COc1nc2ccc(NC(=O)c3cnc4c(c3)c(C)nn4C)cc2s1. The van der Waals surface area contributed by atoms with Crippen molar-refractivity contribution in [2.75, 3.05) is 12.4 Å². The summed E-state index contributed by atoms with van der Waals surface area (Å²) >= 11 is 1.43. The summed E-state index contributed by atoms with van der Waals surface area (Å²) in [6, 6.07) is 7.38. The molecule has 0 unspecified atom stereocenters. The lowest BCUT2D eigenvalue weighted by Crippen LogP contribution is -2.12. The van der Waals surface area contributed by atoms with Crippen molar-refractivity contribution in [2.24, 2.45) is 7.05 Å². The molecule has 3 heterocycles. The number of thiazole rings is 1. The molecule has 1 N–H and O–H groups in total. The second kappa shape index (κ2) is 5.82. The second-order valence-electron chi connectivity index (χ2n) is 5.62. The van der Waals surface area contributed by atoms with Crippen molar-refractivity contribution in [1.29, 1.82) is 0 Å². The van der Waals surface area contributed by atoms with E-state index >= 15 is 0 Å². The first kappa shape index (κ1) is 15.5. The van der Waals surface area contributed by atoms with Crippen molar-refractivity contribution in [3.63, 3.8) is 0 Å². The number of carbonyl (C=O) groups excluding carboxylic acids is 1. The third-order valence-electron chi connectivity index (χ3n) is 3.93. The number of nitrogens with zero attached hydrogens (tertiary/aromatic N) is 4. The Morgan fingerprint density at radius 3 is 2.96 bits per heavy atom. The first-order valence-electron chi connectivity index (χ1n) is 7.60. The van der Waals surface area contributed by atoms with Crippen molar-refractivity contribution in [3.8, 4) is 5.19 Å². The minimum atomic E-state index is -0.214. The molecule has 0 radical (unpaired) electrons. The van der Waals surface area contributed by atoms with E-state index in [9.17, 15) is 4.79 Å². The molecule has 0 saturated carbocycles. The number of pyridine rings is 1. The highest BCUT2D eigenvalue weighted by Crippen LogP contribution is 2.29. The van der Waals surface area contributed by atoms with E-state index in [4.69, 9.17) is 4.74 Å². The van der Waals surface area contributed by atoms with E-state index in [1.807, 2.05) is 38.2 Å². The van der Waals surface area contributed by atoms with Crippen LogP contribution in [0.2, 0.25) is 0 Å². The van der Waals surface area contributed by atoms with E-state index in [1.54, 1.807) is 18.0 Å². The van der Waals surface area contributed by atoms with Gasteiger partial charge in [0.25, 0.3) is 11.1 Å². The van der Waals surface area contributed by atoms with Gasteiger partial charge in [-0.25, -0.2) is 9.97 Å². The Bertz CT molecular complexity index is 1120. The molecular weight excluding hydrogens is 338 g/mol. The van der Waals surface area contributed by atoms with Crippen LogP contribution in [0.3, 0.4) is 0 Å². The van der Waals surface area contributed by atoms with Gasteiger partial charge in [-0.3, -0.25) is 9.48 Å². The molecule has 0 aliphatic carbocycles. The molecule has 4 rings (SSSR count). The minimum absolute atomic E-state index is 0.214. The molecule has 0 bridgehead atoms. The maximum atomic E-state index is 12.6. The van der Waals surface area contributed by atoms with Crippen LogP contribution in [0.25, 0.3) is 21.3 Å². The molecule has 4 aromatic rings. The first-order valence-corrected chi connectivity index (χ1v) is 8.42. The minimum Gasteiger partial charge on any atom is -0.473 e. The van der Waals surface area contributed by atoms with Crippen molar-refractivity contribution in [1.82, 2.24) is 19.7 Å². The van der Waals surface area contributed by atoms with Crippen LogP contribution in [0.5, 0.6) is 5.19 Å². The highest BCUT2D eigenvalue weighted by atomic mass is 32.1. The van der Waals surface area contributed by atoms with Gasteiger partial charge in [-0.2, -0.15) is 5.10 Å². The van der Waals surface area contributed by atoms with Crippen LogP contribution in [-0.2, 0) is 7.05 Å². The van der Waals surface area contributed by atoms with Crippen molar-refractivity contribution >= 4 is 44.2 Å². The Labute approximate surface area is 147 Å². The monoisotopic (exact) mass is 353 g/mol. The molecule has 1 aromatic carbocycles. The van der Waals surface area contributed by atoms with E-state index in [-0.39, 0.29) is 5.91 Å². The number of amides is 1. The molecular formula is C17H15N5O2S. The normalized spacial score (nSPS) is 11.2. The van der Waals surface area contributed by atoms with Gasteiger partial charge in [0.05, 0.1) is 28.6 Å². The molecule has 0 spiro atoms. The van der Waals surface area contributed by atoms with Crippen LogP contribution in [0.1, 0.15) is 16.1 Å². The zero-order chi connectivity index (χ0) is 17.6. The lowest BCUT2D eigenvalue weighted by molar-refractivity contribution is 0.102. The number of fused-ring (bicyclic) bond motifs is 2. The zero-order valence-electron chi connectivity index (χ0n) is 13.9. The average molecular weight is 353 g/mol. The van der Waals surface area contributed by atoms with E-state index in [2.05, 4.69) is 20.4 Å². The summed E-state index contributed by atoms with van der Waals surface area (Å²) in [6.45, 7) is 1.90. The van der Waals surface area contributed by atoms with E-state index in [1.165, 1.54) is 11.3 Å². The quantitative estimate of drug-likeness (QED) is 0.612. The standard InChI is InChI=1S/C17H15N5O2S/c1-9-12-6-10(8-18-15(12)22(2)21-9)16(23)19-11-4-5-13-14(7-11)25-17(20-13)24-3/h4-8H,1-3H3,(H,19,23). The summed E-state index contributed by atoms with van der Waals surface area (Å²) < 4.78 is 7.80. The number of aryl methyl sites for hydroxylation is 2. The molecule has 3 aromatic heterocycles. The number of carbonyl (C=O) groups is 1.